The van der Waals surface area contributed by atoms with Gasteiger partial charge in [-0.3, -0.25) is 9.80 Å². The van der Waals surface area contributed by atoms with Crippen molar-refractivity contribution in [1.82, 2.24) is 9.80 Å². The van der Waals surface area contributed by atoms with E-state index in [1.54, 1.807) is 18.2 Å². The Morgan fingerprint density at radius 2 is 1.96 bits per heavy atom. The molecule has 6 heteroatoms. The first-order valence-electron chi connectivity index (χ1n) is 9.27. The molecule has 3 rings (SSSR count). The number of methoxy groups -OCH3 is 1. The number of nitrogens with zero attached hydrogens (tertiary/aromatic N) is 2. The predicted molar refractivity (Wildman–Crippen MR) is 102 cm³/mol. The maximum absolute atomic E-state index is 14.0. The van der Waals surface area contributed by atoms with E-state index in [1.165, 1.54) is 13.2 Å². The second-order valence-corrected chi connectivity index (χ2v) is 6.97. The van der Waals surface area contributed by atoms with Crippen molar-refractivity contribution in [2.45, 2.75) is 25.6 Å². The number of aliphatic hydroxyl groups excluding tert-OH is 1. The van der Waals surface area contributed by atoms with Crippen LogP contribution in [-0.4, -0.2) is 59.4 Å². The zero-order chi connectivity index (χ0) is 19.2. The van der Waals surface area contributed by atoms with Crippen molar-refractivity contribution in [2.24, 2.45) is 0 Å². The van der Waals surface area contributed by atoms with E-state index < -0.39 is 0 Å². The first kappa shape index (κ1) is 19.6. The Labute approximate surface area is 159 Å². The van der Waals surface area contributed by atoms with Gasteiger partial charge in [-0.15, -0.1) is 0 Å². The molecule has 1 saturated heterocycles. The third-order valence-corrected chi connectivity index (χ3v) is 5.13. The standard InChI is InChI=1S/C21H27FN2O3/c1-27-21-7-6-16(12-20(21)26)13-23-9-10-24(18(15-23)8-11-25)14-17-4-2-3-5-19(17)22/h2-7,12,18,25-26H,8-11,13-15H2,1H3/t18-/m1/s1. The molecular formula is C21H27FN2O3. The molecule has 0 radical (unpaired) electrons. The Balaban J connectivity index is 1.65. The number of hydrogen-bond donors (Lipinski definition) is 2. The van der Waals surface area contributed by atoms with Gasteiger partial charge >= 0.3 is 0 Å². The summed E-state index contributed by atoms with van der Waals surface area (Å²) in [6, 6.07) is 12.5. The number of ether oxygens (including phenoxy) is 1. The average Bonchev–Trinajstić information content (AvgIpc) is 2.66. The van der Waals surface area contributed by atoms with Crippen LogP contribution in [0.5, 0.6) is 11.5 Å². The molecule has 0 unspecified atom stereocenters. The predicted octanol–water partition coefficient (Wildman–Crippen LogP) is 2.61. The van der Waals surface area contributed by atoms with Gasteiger partial charge in [0.2, 0.25) is 0 Å². The van der Waals surface area contributed by atoms with E-state index in [0.717, 1.165) is 25.2 Å². The van der Waals surface area contributed by atoms with E-state index in [0.29, 0.717) is 30.8 Å². The van der Waals surface area contributed by atoms with Crippen LogP contribution in [0.15, 0.2) is 42.5 Å². The monoisotopic (exact) mass is 374 g/mol. The van der Waals surface area contributed by atoms with Crippen LogP contribution in [0.2, 0.25) is 0 Å². The van der Waals surface area contributed by atoms with Crippen molar-refractivity contribution in [2.75, 3.05) is 33.4 Å². The van der Waals surface area contributed by atoms with Crippen molar-refractivity contribution in [1.29, 1.82) is 0 Å². The molecular weight excluding hydrogens is 347 g/mol. The molecule has 146 valence electrons. The van der Waals surface area contributed by atoms with Crippen LogP contribution in [0.1, 0.15) is 17.5 Å². The maximum Gasteiger partial charge on any atom is 0.160 e. The number of piperazine rings is 1. The van der Waals surface area contributed by atoms with Crippen molar-refractivity contribution in [3.63, 3.8) is 0 Å². The minimum atomic E-state index is -0.184. The van der Waals surface area contributed by atoms with Gasteiger partial charge in [0.05, 0.1) is 7.11 Å². The minimum absolute atomic E-state index is 0.107. The van der Waals surface area contributed by atoms with Gasteiger partial charge in [0, 0.05) is 50.9 Å². The van der Waals surface area contributed by atoms with Gasteiger partial charge in [-0.25, -0.2) is 4.39 Å². The van der Waals surface area contributed by atoms with Gasteiger partial charge < -0.3 is 14.9 Å². The Morgan fingerprint density at radius 1 is 1.15 bits per heavy atom. The Hall–Kier alpha value is -2.15. The number of aliphatic hydroxyl groups is 1. The van der Waals surface area contributed by atoms with Crippen LogP contribution < -0.4 is 4.74 Å². The fourth-order valence-corrected chi connectivity index (χ4v) is 3.67. The molecule has 5 nitrogen and oxygen atoms in total. The Bertz CT molecular complexity index is 756. The number of phenolic OH excluding ortho intramolecular Hbond substituents is 1. The molecule has 0 saturated carbocycles. The Morgan fingerprint density at radius 3 is 2.67 bits per heavy atom. The topological polar surface area (TPSA) is 56.2 Å². The third kappa shape index (κ3) is 4.97. The molecule has 0 bridgehead atoms. The summed E-state index contributed by atoms with van der Waals surface area (Å²) in [5.74, 6) is 0.420. The lowest BCUT2D eigenvalue weighted by molar-refractivity contribution is 0.0493. The second kappa shape index (κ2) is 9.17. The third-order valence-electron chi connectivity index (χ3n) is 5.13. The summed E-state index contributed by atoms with van der Waals surface area (Å²) in [5, 5.41) is 19.4. The van der Waals surface area contributed by atoms with Crippen molar-refractivity contribution in [3.05, 3.63) is 59.4 Å². The number of rotatable bonds is 7. The van der Waals surface area contributed by atoms with Gasteiger partial charge in [-0.05, 0) is 30.2 Å². The molecule has 27 heavy (non-hydrogen) atoms. The van der Waals surface area contributed by atoms with Crippen LogP contribution in [0.25, 0.3) is 0 Å². The number of phenols is 1. The molecule has 0 aromatic heterocycles. The zero-order valence-electron chi connectivity index (χ0n) is 15.6. The number of aromatic hydroxyl groups is 1. The summed E-state index contributed by atoms with van der Waals surface area (Å²) in [4.78, 5) is 4.55. The zero-order valence-corrected chi connectivity index (χ0v) is 15.6. The highest BCUT2D eigenvalue weighted by Crippen LogP contribution is 2.27. The van der Waals surface area contributed by atoms with Gasteiger partial charge in [0.1, 0.15) is 5.82 Å². The lowest BCUT2D eigenvalue weighted by Gasteiger charge is -2.41. The summed E-state index contributed by atoms with van der Waals surface area (Å²) in [6.45, 7) is 3.82. The number of halogens is 1. The summed E-state index contributed by atoms with van der Waals surface area (Å²) in [6.07, 6.45) is 0.652. The molecule has 2 aromatic rings. The molecule has 2 N–H and O–H groups in total. The highest BCUT2D eigenvalue weighted by molar-refractivity contribution is 5.41. The summed E-state index contributed by atoms with van der Waals surface area (Å²) in [7, 11) is 1.53. The van der Waals surface area contributed by atoms with E-state index in [9.17, 15) is 14.6 Å². The van der Waals surface area contributed by atoms with Crippen molar-refractivity contribution in [3.8, 4) is 11.5 Å². The van der Waals surface area contributed by atoms with E-state index in [2.05, 4.69) is 9.80 Å². The Kier molecular flexibility index (Phi) is 6.66. The van der Waals surface area contributed by atoms with E-state index in [-0.39, 0.29) is 24.2 Å². The SMILES string of the molecule is COc1ccc(CN2CCN(Cc3ccccc3F)[C@H](CCO)C2)cc1O. The van der Waals surface area contributed by atoms with Crippen LogP contribution >= 0.6 is 0 Å². The lowest BCUT2D eigenvalue weighted by atomic mass is 10.1. The highest BCUT2D eigenvalue weighted by Gasteiger charge is 2.27. The van der Waals surface area contributed by atoms with Crippen LogP contribution in [-0.2, 0) is 13.1 Å². The van der Waals surface area contributed by atoms with E-state index >= 15 is 0 Å². The average molecular weight is 374 g/mol. The van der Waals surface area contributed by atoms with Gasteiger partial charge in [0.15, 0.2) is 11.5 Å². The molecule has 0 amide bonds. The van der Waals surface area contributed by atoms with Crippen LogP contribution in [0.4, 0.5) is 4.39 Å². The van der Waals surface area contributed by atoms with Crippen LogP contribution in [0, 0.1) is 5.82 Å². The molecule has 2 aromatic carbocycles. The minimum Gasteiger partial charge on any atom is -0.504 e. The molecule has 1 aliphatic heterocycles. The summed E-state index contributed by atoms with van der Waals surface area (Å²) < 4.78 is 19.1. The van der Waals surface area contributed by atoms with Crippen molar-refractivity contribution >= 4 is 0 Å². The number of hydrogen-bond acceptors (Lipinski definition) is 5. The normalized spacial score (nSPS) is 18.6. The molecule has 0 spiro atoms. The van der Waals surface area contributed by atoms with Gasteiger partial charge in [-0.2, -0.15) is 0 Å². The van der Waals surface area contributed by atoms with Gasteiger partial charge in [-0.1, -0.05) is 24.3 Å². The first-order chi connectivity index (χ1) is 13.1. The highest BCUT2D eigenvalue weighted by atomic mass is 19.1. The second-order valence-electron chi connectivity index (χ2n) is 6.97. The maximum atomic E-state index is 14.0. The van der Waals surface area contributed by atoms with E-state index in [1.807, 2.05) is 18.2 Å². The summed E-state index contributed by atoms with van der Waals surface area (Å²) in [5.41, 5.74) is 1.70. The molecule has 1 heterocycles. The molecule has 1 fully saturated rings. The molecule has 1 atom stereocenters. The van der Waals surface area contributed by atoms with Crippen molar-refractivity contribution < 1.29 is 19.3 Å². The molecule has 1 aliphatic rings. The fraction of sp³-hybridized carbons (Fsp3) is 0.429. The largest absolute Gasteiger partial charge is 0.504 e. The molecule has 0 aliphatic carbocycles. The number of benzene rings is 2. The lowest BCUT2D eigenvalue weighted by Crippen LogP contribution is -2.52. The quantitative estimate of drug-likeness (QED) is 0.780. The van der Waals surface area contributed by atoms with Gasteiger partial charge in [0.25, 0.3) is 0 Å². The smallest absolute Gasteiger partial charge is 0.160 e. The van der Waals surface area contributed by atoms with E-state index in [4.69, 9.17) is 4.74 Å². The van der Waals surface area contributed by atoms with Crippen LogP contribution in [0.3, 0.4) is 0 Å². The fourth-order valence-electron chi connectivity index (χ4n) is 3.67. The summed E-state index contributed by atoms with van der Waals surface area (Å²) >= 11 is 0. The first-order valence-corrected chi connectivity index (χ1v) is 9.27.